The van der Waals surface area contributed by atoms with Crippen molar-refractivity contribution in [2.45, 2.75) is 0 Å². The van der Waals surface area contributed by atoms with Crippen LogP contribution in [0.2, 0.25) is 0 Å². The smallest absolute Gasteiger partial charge is 0.142 e. The number of fused-ring (bicyclic) bond motifs is 3. The lowest BCUT2D eigenvalue weighted by atomic mass is 9.60. The van der Waals surface area contributed by atoms with E-state index in [0.717, 1.165) is 53.7 Å². The van der Waals surface area contributed by atoms with E-state index >= 15 is 0 Å². The van der Waals surface area contributed by atoms with Crippen molar-refractivity contribution in [3.63, 3.8) is 0 Å². The molecule has 0 atom stereocenters. The molecule has 0 fully saturated rings. The molecular formula is C34H16B5BrO. The molecule has 180 valence electrons. The van der Waals surface area contributed by atoms with Crippen LogP contribution < -0.4 is 27.3 Å². The van der Waals surface area contributed by atoms with E-state index in [0.29, 0.717) is 16.9 Å². The lowest BCUT2D eigenvalue weighted by molar-refractivity contribution is 0.633. The molecule has 0 aliphatic rings. The average molecular weight is 574 g/mol. The molecule has 0 unspecified atom stereocenters. The van der Waals surface area contributed by atoms with Gasteiger partial charge >= 0.3 is 0 Å². The van der Waals surface area contributed by atoms with Gasteiger partial charge in [0, 0.05) is 26.5 Å². The third-order valence-electron chi connectivity index (χ3n) is 7.84. The van der Waals surface area contributed by atoms with E-state index in [-0.39, 0.29) is 27.3 Å². The first-order valence-electron chi connectivity index (χ1n) is 13.1. The summed E-state index contributed by atoms with van der Waals surface area (Å²) in [5.74, 6) is 0.492. The van der Waals surface area contributed by atoms with Crippen molar-refractivity contribution in [1.29, 1.82) is 0 Å². The number of rotatable bonds is 3. The summed E-state index contributed by atoms with van der Waals surface area (Å²) in [6.45, 7) is 0. The van der Waals surface area contributed by atoms with Gasteiger partial charge in [0.15, 0.2) is 0 Å². The van der Waals surface area contributed by atoms with Crippen LogP contribution in [0.1, 0.15) is 0 Å². The largest absolute Gasteiger partial charge is 0.455 e. The monoisotopic (exact) mass is 574 g/mol. The number of furan rings is 1. The Morgan fingerprint density at radius 1 is 0.415 bits per heavy atom. The van der Waals surface area contributed by atoms with Crippen LogP contribution in [0.5, 0.6) is 0 Å². The van der Waals surface area contributed by atoms with Crippen LogP contribution in [0.25, 0.3) is 66.1 Å². The summed E-state index contributed by atoms with van der Waals surface area (Å²) in [7, 11) is 32.0. The van der Waals surface area contributed by atoms with E-state index < -0.39 is 0 Å². The van der Waals surface area contributed by atoms with Gasteiger partial charge in [-0.25, -0.2) is 0 Å². The Morgan fingerprint density at radius 3 is 1.39 bits per heavy atom. The Labute approximate surface area is 253 Å². The fourth-order valence-electron chi connectivity index (χ4n) is 5.89. The summed E-state index contributed by atoms with van der Waals surface area (Å²) in [5, 5.41) is 5.26. The Balaban J connectivity index is 1.70. The van der Waals surface area contributed by atoms with Gasteiger partial charge in [-0.1, -0.05) is 106 Å². The maximum atomic E-state index is 6.59. The maximum absolute atomic E-state index is 6.59. The van der Waals surface area contributed by atoms with Gasteiger partial charge in [0.05, 0.1) is 0 Å². The van der Waals surface area contributed by atoms with Crippen LogP contribution >= 0.6 is 15.9 Å². The van der Waals surface area contributed by atoms with E-state index in [1.54, 1.807) is 0 Å². The van der Waals surface area contributed by atoms with Crippen molar-refractivity contribution in [3.05, 3.63) is 102 Å². The Kier molecular flexibility index (Phi) is 6.32. The highest BCUT2D eigenvalue weighted by atomic mass is 79.9. The molecule has 1 nitrogen and oxygen atoms in total. The molecule has 0 saturated heterocycles. The quantitative estimate of drug-likeness (QED) is 0.224. The van der Waals surface area contributed by atoms with Crippen molar-refractivity contribution in [3.8, 4) is 33.6 Å². The van der Waals surface area contributed by atoms with Gasteiger partial charge in [-0.15, -0.1) is 16.4 Å². The molecule has 0 amide bonds. The van der Waals surface area contributed by atoms with Crippen molar-refractivity contribution in [2.75, 3.05) is 0 Å². The van der Waals surface area contributed by atoms with Crippen LogP contribution in [0.4, 0.5) is 0 Å². The second-order valence-electron chi connectivity index (χ2n) is 10.1. The molecule has 1 heterocycles. The van der Waals surface area contributed by atoms with Gasteiger partial charge in [0.2, 0.25) is 0 Å². The van der Waals surface area contributed by atoms with Gasteiger partial charge in [-0.05, 0) is 50.9 Å². The third-order valence-corrected chi connectivity index (χ3v) is 8.36. The fraction of sp³-hybridized carbons (Fsp3) is 0. The Morgan fingerprint density at radius 2 is 0.854 bits per heavy atom. The van der Waals surface area contributed by atoms with E-state index in [9.17, 15) is 0 Å². The number of hydrogen-bond donors (Lipinski definition) is 0. The second-order valence-corrected chi connectivity index (χ2v) is 11.0. The van der Waals surface area contributed by atoms with Crippen molar-refractivity contribution >= 4 is 115 Å². The van der Waals surface area contributed by atoms with Crippen LogP contribution in [0.15, 0.2) is 106 Å². The molecular weight excluding hydrogens is 558 g/mol. The molecule has 0 N–H and O–H groups in total. The molecule has 7 heteroatoms. The summed E-state index contributed by atoms with van der Waals surface area (Å²) >= 11 is 3.58. The highest BCUT2D eigenvalue weighted by molar-refractivity contribution is 9.10. The molecule has 0 spiro atoms. The predicted molar refractivity (Wildman–Crippen MR) is 182 cm³/mol. The molecule has 6 aromatic carbocycles. The molecule has 1 aromatic heterocycles. The molecule has 0 aliphatic carbocycles. The normalized spacial score (nSPS) is 11.5. The van der Waals surface area contributed by atoms with Crippen LogP contribution in [-0.2, 0) is 0 Å². The third kappa shape index (κ3) is 3.97. The standard InChI is InChI=1S/C34H16B5BrO/c35-29-28(30(36)32(38)33(39)31(29)37)34-27(23-11-5-6-12-24(23)41-34)26-21-9-3-1-7-19(21)25(17-13-15-18(40)16-14-17)20-8-2-4-10-22(20)26/h1-16H. The van der Waals surface area contributed by atoms with Crippen LogP contribution in [0, 0.1) is 0 Å². The lowest BCUT2D eigenvalue weighted by Gasteiger charge is -2.22. The fourth-order valence-corrected chi connectivity index (χ4v) is 6.15. The molecule has 10 radical (unpaired) electrons. The zero-order valence-corrected chi connectivity index (χ0v) is 23.5. The zero-order valence-electron chi connectivity index (χ0n) is 21.9. The zero-order chi connectivity index (χ0) is 28.4. The molecule has 0 aliphatic heterocycles. The van der Waals surface area contributed by atoms with E-state index in [2.05, 4.69) is 88.7 Å². The molecule has 0 saturated carbocycles. The van der Waals surface area contributed by atoms with Gasteiger partial charge < -0.3 is 4.42 Å². The Bertz CT molecular complexity index is 2080. The molecule has 0 bridgehead atoms. The van der Waals surface area contributed by atoms with Gasteiger partial charge in [-0.2, -0.15) is 0 Å². The highest BCUT2D eigenvalue weighted by Gasteiger charge is 2.26. The number of hydrogen-bond acceptors (Lipinski definition) is 1. The summed E-state index contributed by atoms with van der Waals surface area (Å²) < 4.78 is 7.59. The Hall–Kier alpha value is -3.82. The minimum Gasteiger partial charge on any atom is -0.455 e. The van der Waals surface area contributed by atoms with Gasteiger partial charge in [0.1, 0.15) is 50.6 Å². The summed E-state index contributed by atoms with van der Waals surface area (Å²) in [6.07, 6.45) is 0. The van der Waals surface area contributed by atoms with Crippen LogP contribution in [0.3, 0.4) is 0 Å². The van der Waals surface area contributed by atoms with E-state index in [4.69, 9.17) is 43.6 Å². The first-order valence-corrected chi connectivity index (χ1v) is 13.9. The highest BCUT2D eigenvalue weighted by Crippen LogP contribution is 2.48. The molecule has 7 rings (SSSR count). The second kappa shape index (κ2) is 9.92. The maximum Gasteiger partial charge on any atom is 0.142 e. The number of halogens is 1. The SMILES string of the molecule is [B]c1c([B])c([B])c(-c2oc3ccccc3c2-c2c3ccccc3c(-c3ccc(Br)cc3)c3ccccc23)c([B])c1[B]. The average Bonchev–Trinajstić information content (AvgIpc) is 3.37. The van der Waals surface area contributed by atoms with Gasteiger partial charge in [0.25, 0.3) is 0 Å². The summed E-state index contributed by atoms with van der Waals surface area (Å²) in [5.41, 5.74) is 6.25. The molecule has 41 heavy (non-hydrogen) atoms. The number of benzene rings is 6. The summed E-state index contributed by atoms with van der Waals surface area (Å²) in [4.78, 5) is 0. The van der Waals surface area contributed by atoms with Crippen molar-refractivity contribution in [1.82, 2.24) is 0 Å². The summed E-state index contributed by atoms with van der Waals surface area (Å²) in [6, 6.07) is 33.1. The van der Waals surface area contributed by atoms with Crippen molar-refractivity contribution < 1.29 is 4.42 Å². The van der Waals surface area contributed by atoms with Crippen molar-refractivity contribution in [2.24, 2.45) is 0 Å². The van der Waals surface area contributed by atoms with E-state index in [1.165, 1.54) is 0 Å². The van der Waals surface area contributed by atoms with Crippen LogP contribution in [-0.4, -0.2) is 39.2 Å². The first kappa shape index (κ1) is 26.1. The minimum atomic E-state index is 0.163. The number of para-hydroxylation sites is 1. The first-order chi connectivity index (χ1) is 19.9. The topological polar surface area (TPSA) is 13.1 Å². The molecule has 7 aromatic rings. The predicted octanol–water partition coefficient (Wildman–Crippen LogP) is 4.47. The minimum absolute atomic E-state index is 0.163. The lowest BCUT2D eigenvalue weighted by Crippen LogP contribution is -2.55. The van der Waals surface area contributed by atoms with Gasteiger partial charge in [-0.3, -0.25) is 0 Å². The van der Waals surface area contributed by atoms with E-state index in [1.807, 2.05) is 24.3 Å².